The standard InChI is InChI=1S/C21H21BrN8OS2/c1-12(13-6-8-14(22)9-7-13)26-27-20-28-29-21(30(20)24)32-11-18(31)25-19-16(10-23)15-4-2-3-5-17(15)33-19/h6-9H,2-5,11,24H2,1H3,(H,25,31)(H,27,28)/b26-12+. The zero-order chi connectivity index (χ0) is 23.4. The number of hydrogen-bond acceptors (Lipinski definition) is 9. The second-order valence-electron chi connectivity index (χ2n) is 7.36. The number of nitrogens with two attached hydrogens (primary N) is 1. The molecule has 1 aliphatic carbocycles. The summed E-state index contributed by atoms with van der Waals surface area (Å²) in [5, 5.41) is 25.7. The minimum absolute atomic E-state index is 0.0873. The fourth-order valence-electron chi connectivity index (χ4n) is 3.41. The van der Waals surface area contributed by atoms with E-state index in [4.69, 9.17) is 5.84 Å². The number of nitrogens with zero attached hydrogens (tertiary/aromatic N) is 5. The number of aromatic nitrogens is 3. The lowest BCUT2D eigenvalue weighted by Gasteiger charge is -2.09. The Morgan fingerprint density at radius 3 is 2.85 bits per heavy atom. The molecule has 1 amide bonds. The summed E-state index contributed by atoms with van der Waals surface area (Å²) in [6, 6.07) is 10.0. The van der Waals surface area contributed by atoms with Gasteiger partial charge in [0, 0.05) is 9.35 Å². The first-order chi connectivity index (χ1) is 16.0. The number of amides is 1. The predicted molar refractivity (Wildman–Crippen MR) is 135 cm³/mol. The van der Waals surface area contributed by atoms with E-state index in [1.54, 1.807) is 0 Å². The number of nitrogen functional groups attached to an aromatic ring is 1. The van der Waals surface area contributed by atoms with Crippen molar-refractivity contribution in [1.29, 1.82) is 5.26 Å². The Morgan fingerprint density at radius 2 is 2.09 bits per heavy atom. The van der Waals surface area contributed by atoms with E-state index in [1.165, 1.54) is 20.9 Å². The van der Waals surface area contributed by atoms with Crippen LogP contribution in [0.5, 0.6) is 0 Å². The van der Waals surface area contributed by atoms with E-state index in [2.05, 4.69) is 48.0 Å². The lowest BCUT2D eigenvalue weighted by molar-refractivity contribution is -0.113. The summed E-state index contributed by atoms with van der Waals surface area (Å²) in [6.07, 6.45) is 4.07. The number of carbonyl (C=O) groups excluding carboxylic acids is 1. The number of rotatable bonds is 7. The molecule has 4 rings (SSSR count). The number of carbonyl (C=O) groups is 1. The molecule has 0 fully saturated rings. The Morgan fingerprint density at radius 1 is 1.33 bits per heavy atom. The van der Waals surface area contributed by atoms with Crippen molar-refractivity contribution in [2.24, 2.45) is 5.10 Å². The lowest BCUT2D eigenvalue weighted by atomic mass is 9.96. The molecule has 0 spiro atoms. The van der Waals surface area contributed by atoms with Crippen molar-refractivity contribution >= 4 is 61.6 Å². The van der Waals surface area contributed by atoms with Crippen molar-refractivity contribution in [1.82, 2.24) is 14.9 Å². The minimum Gasteiger partial charge on any atom is -0.334 e. The molecule has 3 aromatic rings. The van der Waals surface area contributed by atoms with E-state index in [1.807, 2.05) is 31.2 Å². The number of thioether (sulfide) groups is 1. The quantitative estimate of drug-likeness (QED) is 0.176. The van der Waals surface area contributed by atoms with E-state index in [9.17, 15) is 10.1 Å². The molecular formula is C21H21BrN8OS2. The summed E-state index contributed by atoms with van der Waals surface area (Å²) in [4.78, 5) is 13.7. The number of fused-ring (bicyclic) bond motifs is 1. The first-order valence-corrected chi connectivity index (χ1v) is 12.8. The summed E-state index contributed by atoms with van der Waals surface area (Å²) in [5.74, 6) is 6.18. The normalized spacial score (nSPS) is 13.3. The van der Waals surface area contributed by atoms with Gasteiger partial charge in [0.25, 0.3) is 5.95 Å². The third-order valence-electron chi connectivity index (χ3n) is 5.12. The summed E-state index contributed by atoms with van der Waals surface area (Å²) in [7, 11) is 0. The number of nitrogens with one attached hydrogen (secondary N) is 2. The molecule has 0 aliphatic heterocycles. The zero-order valence-electron chi connectivity index (χ0n) is 17.8. The van der Waals surface area contributed by atoms with Gasteiger partial charge >= 0.3 is 0 Å². The number of hydrogen-bond donors (Lipinski definition) is 3. The monoisotopic (exact) mass is 544 g/mol. The van der Waals surface area contributed by atoms with Gasteiger partial charge in [0.1, 0.15) is 11.1 Å². The highest BCUT2D eigenvalue weighted by atomic mass is 79.9. The Kier molecular flexibility index (Phi) is 7.32. The van der Waals surface area contributed by atoms with Gasteiger partial charge in [-0.1, -0.05) is 39.8 Å². The third-order valence-corrected chi connectivity index (χ3v) is 7.80. The SMILES string of the molecule is C/C(=N\Nc1nnc(SCC(=O)Nc2sc3c(c2C#N)CCCC3)n1N)c1ccc(Br)cc1. The maximum absolute atomic E-state index is 12.5. The lowest BCUT2D eigenvalue weighted by Crippen LogP contribution is -2.17. The second-order valence-corrected chi connectivity index (χ2v) is 10.3. The highest BCUT2D eigenvalue weighted by Crippen LogP contribution is 2.37. The first kappa shape index (κ1) is 23.3. The summed E-state index contributed by atoms with van der Waals surface area (Å²) in [6.45, 7) is 1.87. The third kappa shape index (κ3) is 5.38. The molecule has 1 aliphatic rings. The maximum atomic E-state index is 12.5. The molecule has 170 valence electrons. The molecule has 33 heavy (non-hydrogen) atoms. The van der Waals surface area contributed by atoms with Gasteiger partial charge < -0.3 is 11.2 Å². The van der Waals surface area contributed by atoms with Crippen LogP contribution in [0.3, 0.4) is 0 Å². The van der Waals surface area contributed by atoms with Crippen LogP contribution in [0.1, 0.15) is 41.3 Å². The molecular weight excluding hydrogens is 524 g/mol. The molecule has 0 radical (unpaired) electrons. The summed E-state index contributed by atoms with van der Waals surface area (Å²) in [5.41, 5.74) is 6.20. The first-order valence-electron chi connectivity index (χ1n) is 10.2. The van der Waals surface area contributed by atoms with Crippen molar-refractivity contribution in [3.05, 3.63) is 50.3 Å². The van der Waals surface area contributed by atoms with Crippen molar-refractivity contribution in [3.63, 3.8) is 0 Å². The minimum atomic E-state index is -0.225. The average molecular weight is 545 g/mol. The smallest absolute Gasteiger partial charge is 0.264 e. The summed E-state index contributed by atoms with van der Waals surface area (Å²) < 4.78 is 2.24. The molecule has 1 aromatic carbocycles. The molecule has 12 heteroatoms. The van der Waals surface area contributed by atoms with Crippen molar-refractivity contribution in [3.8, 4) is 6.07 Å². The summed E-state index contributed by atoms with van der Waals surface area (Å²) >= 11 is 6.07. The molecule has 0 unspecified atom stereocenters. The van der Waals surface area contributed by atoms with Gasteiger partial charge in [-0.25, -0.2) is 10.1 Å². The average Bonchev–Trinajstić information content (AvgIpc) is 3.35. The fraction of sp³-hybridized carbons (Fsp3) is 0.286. The number of thiophene rings is 1. The number of anilines is 2. The Labute approximate surface area is 207 Å². The Bertz CT molecular complexity index is 1240. The molecule has 2 heterocycles. The maximum Gasteiger partial charge on any atom is 0.264 e. The second kappa shape index (κ2) is 10.4. The van der Waals surface area contributed by atoms with Gasteiger partial charge in [0.2, 0.25) is 11.1 Å². The molecule has 2 aromatic heterocycles. The number of benzene rings is 1. The molecule has 0 saturated heterocycles. The number of hydrazone groups is 1. The van der Waals surface area contributed by atoms with Crippen LogP contribution in [0.4, 0.5) is 10.9 Å². The highest BCUT2D eigenvalue weighted by Gasteiger charge is 2.22. The van der Waals surface area contributed by atoms with E-state index < -0.39 is 0 Å². The van der Waals surface area contributed by atoms with Crippen LogP contribution in [0.2, 0.25) is 0 Å². The van der Waals surface area contributed by atoms with Gasteiger partial charge in [-0.05, 0) is 55.9 Å². The molecule has 9 nitrogen and oxygen atoms in total. The molecule has 0 bridgehead atoms. The van der Waals surface area contributed by atoms with Crippen molar-refractivity contribution in [2.75, 3.05) is 22.3 Å². The molecule has 0 saturated carbocycles. The van der Waals surface area contributed by atoms with Gasteiger partial charge in [-0.15, -0.1) is 21.5 Å². The van der Waals surface area contributed by atoms with E-state index in [-0.39, 0.29) is 17.6 Å². The van der Waals surface area contributed by atoms with E-state index in [0.717, 1.165) is 58.8 Å². The van der Waals surface area contributed by atoms with Gasteiger partial charge in [-0.2, -0.15) is 10.4 Å². The fourth-order valence-corrected chi connectivity index (χ4v) is 5.58. The van der Waals surface area contributed by atoms with Crippen LogP contribution in [0, 0.1) is 11.3 Å². The van der Waals surface area contributed by atoms with E-state index >= 15 is 0 Å². The van der Waals surface area contributed by atoms with Crippen LogP contribution in [0.15, 0.2) is 39.0 Å². The van der Waals surface area contributed by atoms with Gasteiger partial charge in [0.15, 0.2) is 0 Å². The van der Waals surface area contributed by atoms with E-state index in [0.29, 0.717) is 15.7 Å². The van der Waals surface area contributed by atoms with Crippen LogP contribution in [-0.2, 0) is 17.6 Å². The molecule has 0 atom stereocenters. The largest absolute Gasteiger partial charge is 0.334 e. The topological polar surface area (TPSA) is 134 Å². The Balaban J connectivity index is 1.35. The number of aryl methyl sites for hydroxylation is 1. The van der Waals surface area contributed by atoms with Crippen molar-refractivity contribution < 1.29 is 4.79 Å². The van der Waals surface area contributed by atoms with Crippen LogP contribution >= 0.6 is 39.0 Å². The van der Waals surface area contributed by atoms with Crippen LogP contribution in [0.25, 0.3) is 0 Å². The Hall–Kier alpha value is -2.88. The number of nitriles is 1. The van der Waals surface area contributed by atoms with Crippen molar-refractivity contribution in [2.45, 2.75) is 37.8 Å². The van der Waals surface area contributed by atoms with Crippen LogP contribution < -0.4 is 16.6 Å². The predicted octanol–water partition coefficient (Wildman–Crippen LogP) is 4.13. The highest BCUT2D eigenvalue weighted by molar-refractivity contribution is 9.10. The zero-order valence-corrected chi connectivity index (χ0v) is 21.0. The van der Waals surface area contributed by atoms with Gasteiger partial charge in [0.05, 0.1) is 17.0 Å². The molecule has 4 N–H and O–H groups in total. The number of halogens is 1. The van der Waals surface area contributed by atoms with Crippen LogP contribution in [-0.4, -0.2) is 32.2 Å². The van der Waals surface area contributed by atoms with Gasteiger partial charge in [-0.3, -0.25) is 4.79 Å².